The van der Waals surface area contributed by atoms with Crippen LogP contribution < -0.4 is 5.32 Å². The van der Waals surface area contributed by atoms with Crippen LogP contribution in [-0.2, 0) is 18.4 Å². The summed E-state index contributed by atoms with van der Waals surface area (Å²) in [5.74, 6) is -0.933. The molecule has 2 amide bonds. The Morgan fingerprint density at radius 2 is 2.25 bits per heavy atom. The fourth-order valence-electron chi connectivity index (χ4n) is 2.42. The summed E-state index contributed by atoms with van der Waals surface area (Å²) in [7, 11) is 1.84. The lowest BCUT2D eigenvalue weighted by atomic mass is 10.0. The van der Waals surface area contributed by atoms with E-state index in [1.165, 1.54) is 4.90 Å². The van der Waals surface area contributed by atoms with E-state index in [9.17, 15) is 9.59 Å². The fourth-order valence-corrected chi connectivity index (χ4v) is 2.42. The lowest BCUT2D eigenvalue weighted by molar-refractivity contribution is -0.143. The smallest absolute Gasteiger partial charge is 0.326 e. The second-order valence-corrected chi connectivity index (χ2v) is 5.08. The van der Waals surface area contributed by atoms with E-state index in [2.05, 4.69) is 10.4 Å². The molecule has 1 unspecified atom stereocenters. The maximum absolute atomic E-state index is 12.1. The molecule has 7 nitrogen and oxygen atoms in total. The van der Waals surface area contributed by atoms with Crippen LogP contribution in [0.25, 0.3) is 0 Å². The number of hydrogen-bond donors (Lipinski definition) is 2. The average Bonchev–Trinajstić information content (AvgIpc) is 2.76. The largest absolute Gasteiger partial charge is 0.480 e. The molecule has 2 heterocycles. The predicted molar refractivity (Wildman–Crippen MR) is 72.2 cm³/mol. The summed E-state index contributed by atoms with van der Waals surface area (Å²) in [6.45, 7) is 2.78. The van der Waals surface area contributed by atoms with Crippen LogP contribution in [0, 0.1) is 6.92 Å². The van der Waals surface area contributed by atoms with Gasteiger partial charge in [0.2, 0.25) is 0 Å². The summed E-state index contributed by atoms with van der Waals surface area (Å²) in [6.07, 6.45) is 3.93. The van der Waals surface area contributed by atoms with Crippen LogP contribution in [0.2, 0.25) is 0 Å². The van der Waals surface area contributed by atoms with Crippen LogP contribution >= 0.6 is 0 Å². The van der Waals surface area contributed by atoms with E-state index in [4.69, 9.17) is 5.11 Å². The molecule has 2 N–H and O–H groups in total. The average molecular weight is 280 g/mol. The molecule has 20 heavy (non-hydrogen) atoms. The van der Waals surface area contributed by atoms with E-state index in [1.807, 2.05) is 14.0 Å². The van der Waals surface area contributed by atoms with Crippen molar-refractivity contribution in [2.24, 2.45) is 7.05 Å². The molecule has 1 atom stereocenters. The molecule has 0 aliphatic carbocycles. The van der Waals surface area contributed by atoms with Gasteiger partial charge >= 0.3 is 12.0 Å². The Morgan fingerprint density at radius 1 is 1.50 bits per heavy atom. The van der Waals surface area contributed by atoms with E-state index in [0.29, 0.717) is 19.5 Å². The lowest BCUT2D eigenvalue weighted by Crippen LogP contribution is -2.51. The van der Waals surface area contributed by atoms with Crippen LogP contribution in [0.4, 0.5) is 4.79 Å². The van der Waals surface area contributed by atoms with Crippen molar-refractivity contribution in [3.05, 3.63) is 17.5 Å². The minimum absolute atomic E-state index is 0.319. The zero-order chi connectivity index (χ0) is 14.7. The summed E-state index contributed by atoms with van der Waals surface area (Å²) < 4.78 is 1.74. The van der Waals surface area contributed by atoms with E-state index >= 15 is 0 Å². The van der Waals surface area contributed by atoms with E-state index in [0.717, 1.165) is 24.1 Å². The van der Waals surface area contributed by atoms with Crippen LogP contribution in [0.5, 0.6) is 0 Å². The molecular formula is C13H20N4O3. The van der Waals surface area contributed by atoms with Gasteiger partial charge in [-0.3, -0.25) is 4.68 Å². The summed E-state index contributed by atoms with van der Waals surface area (Å²) >= 11 is 0. The Bertz CT molecular complexity index is 512. The van der Waals surface area contributed by atoms with Gasteiger partial charge in [-0.1, -0.05) is 0 Å². The van der Waals surface area contributed by atoms with Gasteiger partial charge in [-0.05, 0) is 26.2 Å². The van der Waals surface area contributed by atoms with Gasteiger partial charge in [0.05, 0.1) is 6.20 Å². The summed E-state index contributed by atoms with van der Waals surface area (Å²) in [4.78, 5) is 24.7. The second-order valence-electron chi connectivity index (χ2n) is 5.08. The number of aliphatic carboxylic acids is 1. The summed E-state index contributed by atoms with van der Waals surface area (Å²) in [5, 5.41) is 16.0. The Kier molecular flexibility index (Phi) is 4.26. The first kappa shape index (κ1) is 14.4. The third kappa shape index (κ3) is 2.92. The van der Waals surface area contributed by atoms with Gasteiger partial charge in [-0.25, -0.2) is 9.59 Å². The number of urea groups is 1. The van der Waals surface area contributed by atoms with Gasteiger partial charge in [0.25, 0.3) is 0 Å². The maximum Gasteiger partial charge on any atom is 0.326 e. The Labute approximate surface area is 117 Å². The first-order valence-electron chi connectivity index (χ1n) is 6.75. The zero-order valence-electron chi connectivity index (χ0n) is 11.8. The Balaban J connectivity index is 1.96. The van der Waals surface area contributed by atoms with Gasteiger partial charge in [0.1, 0.15) is 6.04 Å². The van der Waals surface area contributed by atoms with Crippen molar-refractivity contribution in [3.63, 3.8) is 0 Å². The number of rotatable bonds is 3. The van der Waals surface area contributed by atoms with Crippen LogP contribution in [0.15, 0.2) is 6.20 Å². The van der Waals surface area contributed by atoms with Gasteiger partial charge < -0.3 is 15.3 Å². The third-order valence-electron chi connectivity index (χ3n) is 3.82. The van der Waals surface area contributed by atoms with Crippen molar-refractivity contribution >= 4 is 12.0 Å². The number of aryl methyl sites for hydroxylation is 1. The predicted octanol–water partition coefficient (Wildman–Crippen LogP) is 0.877. The highest BCUT2D eigenvalue weighted by Gasteiger charge is 2.31. The van der Waals surface area contributed by atoms with Crippen molar-refractivity contribution in [1.82, 2.24) is 20.0 Å². The fraction of sp³-hybridized carbons (Fsp3) is 0.615. The van der Waals surface area contributed by atoms with E-state index in [1.54, 1.807) is 10.9 Å². The molecule has 0 spiro atoms. The van der Waals surface area contributed by atoms with Crippen molar-refractivity contribution in [3.8, 4) is 0 Å². The van der Waals surface area contributed by atoms with E-state index in [-0.39, 0.29) is 6.03 Å². The molecular weight excluding hydrogens is 260 g/mol. The number of carboxylic acid groups (broad SMARTS) is 1. The number of aromatic nitrogens is 2. The number of carbonyl (C=O) groups excluding carboxylic acids is 1. The van der Waals surface area contributed by atoms with E-state index < -0.39 is 12.0 Å². The molecule has 1 aliphatic rings. The molecule has 0 radical (unpaired) electrons. The Morgan fingerprint density at radius 3 is 2.85 bits per heavy atom. The van der Waals surface area contributed by atoms with Crippen molar-refractivity contribution in [1.29, 1.82) is 0 Å². The lowest BCUT2D eigenvalue weighted by Gasteiger charge is -2.32. The highest BCUT2D eigenvalue weighted by molar-refractivity contribution is 5.82. The highest BCUT2D eigenvalue weighted by atomic mass is 16.4. The van der Waals surface area contributed by atoms with Crippen molar-refractivity contribution in [2.45, 2.75) is 38.8 Å². The van der Waals surface area contributed by atoms with Crippen LogP contribution in [0.1, 0.15) is 30.5 Å². The monoisotopic (exact) mass is 280 g/mol. The zero-order valence-corrected chi connectivity index (χ0v) is 11.8. The number of carbonyl (C=O) groups is 2. The number of hydrogen-bond acceptors (Lipinski definition) is 3. The molecule has 1 saturated heterocycles. The minimum Gasteiger partial charge on any atom is -0.480 e. The Hall–Kier alpha value is -2.05. The summed E-state index contributed by atoms with van der Waals surface area (Å²) in [6, 6.07) is -1.03. The van der Waals surface area contributed by atoms with Crippen molar-refractivity contribution in [2.75, 3.05) is 6.54 Å². The molecule has 110 valence electrons. The maximum atomic E-state index is 12.1. The number of carboxylic acids is 1. The first-order chi connectivity index (χ1) is 9.50. The number of amides is 2. The van der Waals surface area contributed by atoms with Gasteiger partial charge in [0, 0.05) is 31.4 Å². The molecule has 2 rings (SSSR count). The molecule has 1 aromatic heterocycles. The highest BCUT2D eigenvalue weighted by Crippen LogP contribution is 2.17. The standard InChI is InChI=1S/C13H20N4O3/c1-9-10(8-15-16(9)2)7-14-13(20)17-6-4-3-5-11(17)12(18)19/h8,11H,3-7H2,1-2H3,(H,14,20)(H,18,19). The molecule has 1 aromatic rings. The molecule has 0 bridgehead atoms. The number of piperidine rings is 1. The molecule has 0 aromatic carbocycles. The minimum atomic E-state index is -0.933. The first-order valence-corrected chi connectivity index (χ1v) is 6.75. The normalized spacial score (nSPS) is 18.9. The van der Waals surface area contributed by atoms with Crippen LogP contribution in [0.3, 0.4) is 0 Å². The number of likely N-dealkylation sites (tertiary alicyclic amines) is 1. The number of nitrogens with one attached hydrogen (secondary N) is 1. The van der Waals surface area contributed by atoms with Gasteiger partial charge in [-0.15, -0.1) is 0 Å². The second kappa shape index (κ2) is 5.94. The quantitative estimate of drug-likeness (QED) is 0.860. The molecule has 1 fully saturated rings. The van der Waals surface area contributed by atoms with Gasteiger partial charge in [0.15, 0.2) is 0 Å². The SMILES string of the molecule is Cc1c(CNC(=O)N2CCCCC2C(=O)O)cnn1C. The molecule has 7 heteroatoms. The molecule has 1 aliphatic heterocycles. The van der Waals surface area contributed by atoms with Gasteiger partial charge in [-0.2, -0.15) is 5.10 Å². The summed E-state index contributed by atoms with van der Waals surface area (Å²) in [5.41, 5.74) is 1.92. The topological polar surface area (TPSA) is 87.5 Å². The number of nitrogens with zero attached hydrogens (tertiary/aromatic N) is 3. The third-order valence-corrected chi connectivity index (χ3v) is 3.82. The van der Waals surface area contributed by atoms with Crippen molar-refractivity contribution < 1.29 is 14.7 Å². The van der Waals surface area contributed by atoms with Crippen LogP contribution in [-0.4, -0.2) is 44.4 Å². The molecule has 0 saturated carbocycles.